The topological polar surface area (TPSA) is 104 Å². The Hall–Kier alpha value is -3.76. The maximum atomic E-state index is 13.5. The van der Waals surface area contributed by atoms with Gasteiger partial charge in [0.25, 0.3) is 0 Å². The lowest BCUT2D eigenvalue weighted by Gasteiger charge is -2.25. The Bertz CT molecular complexity index is 1360. The number of benzene rings is 1. The van der Waals surface area contributed by atoms with E-state index in [1.54, 1.807) is 12.3 Å². The highest BCUT2D eigenvalue weighted by Crippen LogP contribution is 2.45. The van der Waals surface area contributed by atoms with Gasteiger partial charge in [-0.15, -0.1) is 13.9 Å². The fourth-order valence-corrected chi connectivity index (χ4v) is 4.26. The summed E-state index contributed by atoms with van der Waals surface area (Å²) in [7, 11) is 0. The molecule has 1 aromatic carbocycles. The van der Waals surface area contributed by atoms with E-state index in [0.29, 0.717) is 23.3 Å². The molecule has 0 fully saturated rings. The number of rotatable bonds is 3. The third-order valence-corrected chi connectivity index (χ3v) is 5.65. The Labute approximate surface area is 174 Å². The van der Waals surface area contributed by atoms with Crippen molar-refractivity contribution in [3.8, 4) is 11.5 Å². The van der Waals surface area contributed by atoms with Gasteiger partial charge in [-0.2, -0.15) is 4.52 Å². The third-order valence-electron chi connectivity index (χ3n) is 5.65. The number of pyridine rings is 1. The summed E-state index contributed by atoms with van der Waals surface area (Å²) in [4.78, 5) is 15.6. The summed E-state index contributed by atoms with van der Waals surface area (Å²) >= 11 is 0. The van der Waals surface area contributed by atoms with E-state index in [0.717, 1.165) is 18.8 Å². The predicted octanol–water partition coefficient (Wildman–Crippen LogP) is 2.57. The molecule has 5 heterocycles. The number of nitrogens with zero attached hydrogens (tertiary/aromatic N) is 6. The molecule has 1 atom stereocenters. The van der Waals surface area contributed by atoms with E-state index in [1.165, 1.54) is 16.1 Å². The van der Waals surface area contributed by atoms with Crippen LogP contribution in [0.25, 0.3) is 16.6 Å². The minimum absolute atomic E-state index is 0.0225. The van der Waals surface area contributed by atoms with E-state index in [2.05, 4.69) is 47.4 Å². The summed E-state index contributed by atoms with van der Waals surface area (Å²) in [5.41, 5.74) is 7.86. The van der Waals surface area contributed by atoms with Crippen LogP contribution in [-0.4, -0.2) is 43.4 Å². The van der Waals surface area contributed by atoms with Crippen LogP contribution in [0.2, 0.25) is 0 Å². The molecule has 2 N–H and O–H groups in total. The minimum atomic E-state index is -3.74. The van der Waals surface area contributed by atoms with E-state index in [9.17, 15) is 8.78 Å². The third kappa shape index (κ3) is 2.72. The number of hydrogen-bond donors (Lipinski definition) is 1. The summed E-state index contributed by atoms with van der Waals surface area (Å²) in [5.74, 6) is 1.32. The Balaban J connectivity index is 1.38. The normalized spacial score (nSPS) is 17.5. The summed E-state index contributed by atoms with van der Waals surface area (Å²) in [6.07, 6.45) is -0.445. The average Bonchev–Trinajstić information content (AvgIpc) is 3.42. The molecule has 0 amide bonds. The molecule has 0 aliphatic carbocycles. The van der Waals surface area contributed by atoms with Gasteiger partial charge in [-0.05, 0) is 37.1 Å². The lowest BCUT2D eigenvalue weighted by Crippen LogP contribution is -2.33. The second-order valence-corrected chi connectivity index (χ2v) is 7.67. The Kier molecular flexibility index (Phi) is 3.57. The number of fused-ring (bicyclic) bond motifs is 6. The van der Waals surface area contributed by atoms with E-state index in [1.807, 2.05) is 6.07 Å². The molecule has 2 aliphatic rings. The van der Waals surface area contributed by atoms with Crippen LogP contribution in [0.15, 0.2) is 30.5 Å². The number of alkyl halides is 2. The largest absolute Gasteiger partial charge is 0.586 e. The van der Waals surface area contributed by atoms with Crippen LogP contribution in [-0.2, 0) is 12.8 Å². The van der Waals surface area contributed by atoms with Crippen molar-refractivity contribution in [2.45, 2.75) is 32.1 Å². The van der Waals surface area contributed by atoms with E-state index >= 15 is 0 Å². The smallest absolute Gasteiger partial charge is 0.395 e. The zero-order valence-electron chi connectivity index (χ0n) is 16.4. The maximum absolute atomic E-state index is 13.5. The first-order chi connectivity index (χ1) is 14.9. The SMILES string of the molecule is CC(Cc1nc2c3ccc4c(c3nc(N)n2n1)OC(F)(F)O4)N1CCc2cccnc21. The second kappa shape index (κ2) is 6.13. The number of nitrogen functional groups attached to an aromatic ring is 1. The molecule has 3 aromatic heterocycles. The van der Waals surface area contributed by atoms with Gasteiger partial charge in [0.1, 0.15) is 11.3 Å². The summed E-state index contributed by atoms with van der Waals surface area (Å²) < 4.78 is 37.6. The number of ether oxygens (including phenoxy) is 2. The van der Waals surface area contributed by atoms with Crippen molar-refractivity contribution in [3.63, 3.8) is 0 Å². The van der Waals surface area contributed by atoms with Crippen molar-refractivity contribution in [1.29, 1.82) is 0 Å². The van der Waals surface area contributed by atoms with E-state index in [4.69, 9.17) is 5.73 Å². The Morgan fingerprint density at radius 1 is 1.23 bits per heavy atom. The van der Waals surface area contributed by atoms with E-state index in [-0.39, 0.29) is 29.0 Å². The van der Waals surface area contributed by atoms with Crippen LogP contribution < -0.4 is 20.1 Å². The fraction of sp³-hybridized carbons (Fsp3) is 0.300. The van der Waals surface area contributed by atoms with Gasteiger partial charge in [0.2, 0.25) is 5.95 Å². The van der Waals surface area contributed by atoms with Crippen molar-refractivity contribution >= 4 is 28.3 Å². The zero-order valence-corrected chi connectivity index (χ0v) is 16.4. The highest BCUT2D eigenvalue weighted by Gasteiger charge is 2.45. The number of halogens is 2. The van der Waals surface area contributed by atoms with E-state index < -0.39 is 6.29 Å². The van der Waals surface area contributed by atoms with Crippen molar-refractivity contribution in [3.05, 3.63) is 41.9 Å². The van der Waals surface area contributed by atoms with Gasteiger partial charge in [0.15, 0.2) is 23.0 Å². The van der Waals surface area contributed by atoms with Crippen LogP contribution in [0.1, 0.15) is 18.3 Å². The highest BCUT2D eigenvalue weighted by molar-refractivity contribution is 5.97. The van der Waals surface area contributed by atoms with Crippen LogP contribution in [0, 0.1) is 0 Å². The number of anilines is 2. The highest BCUT2D eigenvalue weighted by atomic mass is 19.3. The molecule has 31 heavy (non-hydrogen) atoms. The molecule has 0 spiro atoms. The molecule has 0 bridgehead atoms. The summed E-state index contributed by atoms with van der Waals surface area (Å²) in [6.45, 7) is 2.97. The predicted molar refractivity (Wildman–Crippen MR) is 107 cm³/mol. The van der Waals surface area contributed by atoms with Crippen LogP contribution in [0.3, 0.4) is 0 Å². The van der Waals surface area contributed by atoms with Crippen molar-refractivity contribution < 1.29 is 18.3 Å². The molecule has 0 radical (unpaired) electrons. The molecule has 11 heteroatoms. The van der Waals surface area contributed by atoms with Crippen LogP contribution in [0.5, 0.6) is 11.5 Å². The minimum Gasteiger partial charge on any atom is -0.395 e. The van der Waals surface area contributed by atoms with Gasteiger partial charge < -0.3 is 20.1 Å². The number of hydrogen-bond acceptors (Lipinski definition) is 8. The molecular formula is C20H17F2N7O2. The maximum Gasteiger partial charge on any atom is 0.586 e. The molecule has 0 saturated heterocycles. The van der Waals surface area contributed by atoms with Crippen molar-refractivity contribution in [1.82, 2.24) is 24.6 Å². The van der Waals surface area contributed by atoms with Crippen LogP contribution in [0.4, 0.5) is 20.5 Å². The molecule has 1 unspecified atom stereocenters. The summed E-state index contributed by atoms with van der Waals surface area (Å²) in [6, 6.07) is 7.14. The van der Waals surface area contributed by atoms with Crippen molar-refractivity contribution in [2.75, 3.05) is 17.2 Å². The van der Waals surface area contributed by atoms with Gasteiger partial charge in [0, 0.05) is 30.6 Å². The summed E-state index contributed by atoms with van der Waals surface area (Å²) in [5, 5.41) is 5.00. The van der Waals surface area contributed by atoms with Crippen LogP contribution >= 0.6 is 0 Å². The molecule has 2 aliphatic heterocycles. The Morgan fingerprint density at radius 2 is 2.10 bits per heavy atom. The molecule has 6 rings (SSSR count). The Morgan fingerprint density at radius 3 is 2.97 bits per heavy atom. The first-order valence-corrected chi connectivity index (χ1v) is 9.84. The molecule has 0 saturated carbocycles. The fourth-order valence-electron chi connectivity index (χ4n) is 4.26. The lowest BCUT2D eigenvalue weighted by molar-refractivity contribution is -0.286. The van der Waals surface area contributed by atoms with Gasteiger partial charge in [-0.1, -0.05) is 6.07 Å². The van der Waals surface area contributed by atoms with Gasteiger partial charge >= 0.3 is 6.29 Å². The molecular weight excluding hydrogens is 408 g/mol. The second-order valence-electron chi connectivity index (χ2n) is 7.67. The average molecular weight is 425 g/mol. The lowest BCUT2D eigenvalue weighted by atomic mass is 10.2. The molecule has 158 valence electrons. The quantitative estimate of drug-likeness (QED) is 0.534. The first-order valence-electron chi connectivity index (χ1n) is 9.84. The molecule has 9 nitrogen and oxygen atoms in total. The number of nitrogens with two attached hydrogens (primary N) is 1. The zero-order chi connectivity index (χ0) is 21.3. The van der Waals surface area contributed by atoms with Gasteiger partial charge in [-0.25, -0.2) is 15.0 Å². The van der Waals surface area contributed by atoms with Crippen molar-refractivity contribution in [2.24, 2.45) is 0 Å². The first kappa shape index (κ1) is 18.0. The van der Waals surface area contributed by atoms with Gasteiger partial charge in [-0.3, -0.25) is 0 Å². The van der Waals surface area contributed by atoms with Gasteiger partial charge in [0.05, 0.1) is 0 Å². The monoisotopic (exact) mass is 425 g/mol. The molecule has 4 aromatic rings. The standard InChI is InChI=1S/C20H17F2N7O2/c1-10(28-8-6-11-3-2-7-24-17(11)28)9-14-25-18-12-4-5-13-16(31-20(21,22)30-13)15(12)26-19(23)29(18)27-14/h2-5,7,10H,6,8-9H2,1H3,(H2,23,26). The number of aromatic nitrogens is 5.